The lowest BCUT2D eigenvalue weighted by molar-refractivity contribution is -0.383. The van der Waals surface area contributed by atoms with E-state index in [1.165, 1.54) is 12.1 Å². The molecule has 0 spiro atoms. The molecule has 0 bridgehead atoms. The number of nitrogen functional groups attached to an aromatic ring is 1. The van der Waals surface area contributed by atoms with Gasteiger partial charge in [-0.2, -0.15) is 5.10 Å². The van der Waals surface area contributed by atoms with Crippen LogP contribution < -0.4 is 11.2 Å². The van der Waals surface area contributed by atoms with Crippen molar-refractivity contribution >= 4 is 23.0 Å². The van der Waals surface area contributed by atoms with Gasteiger partial charge in [-0.05, 0) is 12.5 Å². The summed E-state index contributed by atoms with van der Waals surface area (Å²) < 4.78 is 0. The van der Waals surface area contributed by atoms with Gasteiger partial charge in [0.2, 0.25) is 5.91 Å². The molecule has 0 fully saturated rings. The first kappa shape index (κ1) is 15.0. The van der Waals surface area contributed by atoms with Crippen LogP contribution in [0.5, 0.6) is 0 Å². The van der Waals surface area contributed by atoms with Crippen molar-refractivity contribution in [2.45, 2.75) is 32.6 Å². The lowest BCUT2D eigenvalue weighted by Gasteiger charge is -2.22. The zero-order valence-corrected chi connectivity index (χ0v) is 11.8. The van der Waals surface area contributed by atoms with Crippen LogP contribution in [-0.4, -0.2) is 16.5 Å². The summed E-state index contributed by atoms with van der Waals surface area (Å²) in [4.78, 5) is 22.0. The van der Waals surface area contributed by atoms with E-state index in [0.29, 0.717) is 17.7 Å². The number of benzene rings is 1. The molecule has 7 heteroatoms. The Morgan fingerprint density at radius 3 is 2.95 bits per heavy atom. The molecule has 2 rings (SSSR count). The highest BCUT2D eigenvalue weighted by Crippen LogP contribution is 2.27. The van der Waals surface area contributed by atoms with Gasteiger partial charge in [-0.3, -0.25) is 14.9 Å². The Bertz CT molecular complexity index is 598. The van der Waals surface area contributed by atoms with Crippen molar-refractivity contribution in [1.29, 1.82) is 0 Å². The fraction of sp³-hybridized carbons (Fsp3) is 0.429. The van der Waals surface area contributed by atoms with E-state index < -0.39 is 4.92 Å². The van der Waals surface area contributed by atoms with E-state index in [4.69, 9.17) is 5.73 Å². The third-order valence-corrected chi connectivity index (χ3v) is 3.55. The van der Waals surface area contributed by atoms with E-state index in [0.717, 1.165) is 19.3 Å². The Kier molecular flexibility index (Phi) is 4.52. The Morgan fingerprint density at radius 1 is 1.52 bits per heavy atom. The first-order chi connectivity index (χ1) is 10.0. The lowest BCUT2D eigenvalue weighted by Crippen LogP contribution is -2.33. The first-order valence-corrected chi connectivity index (χ1v) is 6.93. The number of hydrogen-bond acceptors (Lipinski definition) is 5. The predicted molar refractivity (Wildman–Crippen MR) is 79.8 cm³/mol. The van der Waals surface area contributed by atoms with Gasteiger partial charge in [0.15, 0.2) is 0 Å². The number of hydrogen-bond donors (Lipinski definition) is 2. The van der Waals surface area contributed by atoms with E-state index in [9.17, 15) is 14.9 Å². The smallest absolute Gasteiger partial charge is 0.292 e. The molecule has 3 N–H and O–H groups in total. The molecule has 1 aliphatic heterocycles. The van der Waals surface area contributed by atoms with Crippen molar-refractivity contribution in [3.63, 3.8) is 0 Å². The van der Waals surface area contributed by atoms with Gasteiger partial charge in [-0.1, -0.05) is 25.8 Å². The molecule has 1 aromatic rings. The third kappa shape index (κ3) is 3.36. The second-order valence-electron chi connectivity index (χ2n) is 5.11. The molecule has 0 saturated heterocycles. The molecule has 1 atom stereocenters. The number of nitro groups is 1. The van der Waals surface area contributed by atoms with Crippen LogP contribution in [0.1, 0.15) is 38.2 Å². The summed E-state index contributed by atoms with van der Waals surface area (Å²) in [6.07, 6.45) is 3.19. The zero-order chi connectivity index (χ0) is 15.4. The summed E-state index contributed by atoms with van der Waals surface area (Å²) in [7, 11) is 0. The molecule has 112 valence electrons. The molecule has 0 aromatic heterocycles. The Morgan fingerprint density at radius 2 is 2.29 bits per heavy atom. The topological polar surface area (TPSA) is 111 Å². The number of rotatable bonds is 5. The van der Waals surface area contributed by atoms with Crippen LogP contribution in [-0.2, 0) is 4.79 Å². The van der Waals surface area contributed by atoms with Crippen LogP contribution in [0, 0.1) is 16.0 Å². The SMILES string of the molecule is CCCCC1CC(=O)NN=C1c1ccc(N)c([N+](=O)[O-])c1. The van der Waals surface area contributed by atoms with Crippen molar-refractivity contribution in [2.24, 2.45) is 11.0 Å². The fourth-order valence-electron chi connectivity index (χ4n) is 2.43. The average molecular weight is 290 g/mol. The van der Waals surface area contributed by atoms with Gasteiger partial charge >= 0.3 is 0 Å². The maximum absolute atomic E-state index is 11.5. The largest absolute Gasteiger partial charge is 0.393 e. The maximum Gasteiger partial charge on any atom is 0.292 e. The van der Waals surface area contributed by atoms with E-state index >= 15 is 0 Å². The maximum atomic E-state index is 11.5. The van der Waals surface area contributed by atoms with Crippen molar-refractivity contribution in [2.75, 3.05) is 5.73 Å². The number of anilines is 1. The highest BCUT2D eigenvalue weighted by Gasteiger charge is 2.26. The summed E-state index contributed by atoms with van der Waals surface area (Å²) in [5.74, 6) is -0.133. The zero-order valence-electron chi connectivity index (χ0n) is 11.8. The predicted octanol–water partition coefficient (Wildman–Crippen LogP) is 2.21. The van der Waals surface area contributed by atoms with Gasteiger partial charge < -0.3 is 5.73 Å². The molecule has 0 radical (unpaired) electrons. The minimum Gasteiger partial charge on any atom is -0.393 e. The quantitative estimate of drug-likeness (QED) is 0.492. The van der Waals surface area contributed by atoms with Crippen LogP contribution in [0.3, 0.4) is 0 Å². The Labute approximate surface area is 122 Å². The minimum absolute atomic E-state index is 0.0121. The summed E-state index contributed by atoms with van der Waals surface area (Å²) >= 11 is 0. The van der Waals surface area contributed by atoms with Crippen molar-refractivity contribution < 1.29 is 9.72 Å². The molecule has 1 unspecified atom stereocenters. The molecular formula is C14H18N4O3. The molecule has 1 heterocycles. The second-order valence-corrected chi connectivity index (χ2v) is 5.11. The number of carbonyl (C=O) groups is 1. The summed E-state index contributed by atoms with van der Waals surface area (Å²) in [5.41, 5.74) is 9.36. The van der Waals surface area contributed by atoms with Gasteiger partial charge in [0.25, 0.3) is 5.69 Å². The minimum atomic E-state index is -0.512. The molecule has 1 amide bonds. The monoisotopic (exact) mass is 290 g/mol. The number of carbonyl (C=O) groups excluding carboxylic acids is 1. The fourth-order valence-corrected chi connectivity index (χ4v) is 2.43. The van der Waals surface area contributed by atoms with Gasteiger partial charge in [0.05, 0.1) is 10.6 Å². The number of nitrogens with one attached hydrogen (secondary N) is 1. The summed E-state index contributed by atoms with van der Waals surface area (Å²) in [5, 5.41) is 15.1. The van der Waals surface area contributed by atoms with Gasteiger partial charge in [0, 0.05) is 24.0 Å². The Hall–Kier alpha value is -2.44. The van der Waals surface area contributed by atoms with E-state index in [1.54, 1.807) is 6.07 Å². The normalized spacial score (nSPS) is 18.0. The molecule has 0 saturated carbocycles. The van der Waals surface area contributed by atoms with Crippen molar-refractivity contribution in [3.8, 4) is 0 Å². The second kappa shape index (κ2) is 6.34. The van der Waals surface area contributed by atoms with E-state index in [2.05, 4.69) is 17.5 Å². The first-order valence-electron chi connectivity index (χ1n) is 6.93. The van der Waals surface area contributed by atoms with Crippen LogP contribution in [0.4, 0.5) is 11.4 Å². The van der Waals surface area contributed by atoms with Crippen LogP contribution >= 0.6 is 0 Å². The van der Waals surface area contributed by atoms with E-state index in [-0.39, 0.29) is 23.2 Å². The lowest BCUT2D eigenvalue weighted by atomic mass is 9.88. The van der Waals surface area contributed by atoms with Crippen LogP contribution in [0.2, 0.25) is 0 Å². The number of nitro benzene ring substituents is 1. The van der Waals surface area contributed by atoms with Crippen molar-refractivity contribution in [1.82, 2.24) is 5.43 Å². The molecule has 0 aliphatic carbocycles. The highest BCUT2D eigenvalue weighted by atomic mass is 16.6. The van der Waals surface area contributed by atoms with Crippen LogP contribution in [0.15, 0.2) is 23.3 Å². The van der Waals surface area contributed by atoms with Gasteiger partial charge in [-0.15, -0.1) is 0 Å². The molecule has 7 nitrogen and oxygen atoms in total. The van der Waals surface area contributed by atoms with Crippen LogP contribution in [0.25, 0.3) is 0 Å². The molecular weight excluding hydrogens is 272 g/mol. The molecule has 21 heavy (non-hydrogen) atoms. The third-order valence-electron chi connectivity index (χ3n) is 3.55. The highest BCUT2D eigenvalue weighted by molar-refractivity contribution is 6.06. The molecule has 1 aliphatic rings. The van der Waals surface area contributed by atoms with Gasteiger partial charge in [-0.25, -0.2) is 5.43 Å². The molecule has 1 aromatic carbocycles. The standard InChI is InChI=1S/C14H18N4O3/c1-2-3-4-9-8-13(19)16-17-14(9)10-5-6-11(15)12(7-10)18(20)21/h5-7,9H,2-4,8,15H2,1H3,(H,16,19). The number of nitrogens with zero attached hydrogens (tertiary/aromatic N) is 2. The summed E-state index contributed by atoms with van der Waals surface area (Å²) in [6, 6.07) is 4.63. The van der Waals surface area contributed by atoms with Crippen molar-refractivity contribution in [3.05, 3.63) is 33.9 Å². The average Bonchev–Trinajstić information content (AvgIpc) is 2.45. The van der Waals surface area contributed by atoms with E-state index in [1.807, 2.05) is 0 Å². The summed E-state index contributed by atoms with van der Waals surface area (Å²) in [6.45, 7) is 2.08. The van der Waals surface area contributed by atoms with Gasteiger partial charge in [0.1, 0.15) is 5.69 Å². The number of unbranched alkanes of at least 4 members (excludes halogenated alkanes) is 1. The Balaban J connectivity index is 2.35. The number of amides is 1. The number of hydrazone groups is 1. The number of nitrogens with two attached hydrogens (primary N) is 1.